The number of pyridine rings is 1. The van der Waals surface area contributed by atoms with Gasteiger partial charge in [0.1, 0.15) is 17.5 Å². The predicted molar refractivity (Wildman–Crippen MR) is 134 cm³/mol. The smallest absolute Gasteiger partial charge is 0.259 e. The highest BCUT2D eigenvalue weighted by atomic mass is 19.1. The van der Waals surface area contributed by atoms with Crippen LogP contribution in [0.2, 0.25) is 0 Å². The lowest BCUT2D eigenvalue weighted by molar-refractivity contribution is 0.0325. The summed E-state index contributed by atoms with van der Waals surface area (Å²) < 4.78 is 19.9. The molecule has 1 aromatic carbocycles. The molecule has 7 heteroatoms. The molecule has 2 aromatic rings. The van der Waals surface area contributed by atoms with Gasteiger partial charge in [0.25, 0.3) is 5.91 Å². The summed E-state index contributed by atoms with van der Waals surface area (Å²) in [7, 11) is 1.96. The second-order valence-corrected chi connectivity index (χ2v) is 9.93. The average Bonchev–Trinajstić information content (AvgIpc) is 2.81. The number of hydrogen-bond acceptors (Lipinski definition) is 5. The minimum atomic E-state index is -0.350. The van der Waals surface area contributed by atoms with Gasteiger partial charge in [-0.3, -0.25) is 9.69 Å². The molecule has 0 bridgehead atoms. The van der Waals surface area contributed by atoms with Gasteiger partial charge < -0.3 is 14.7 Å². The molecule has 0 unspecified atom stereocenters. The summed E-state index contributed by atoms with van der Waals surface area (Å²) in [4.78, 5) is 21.7. The number of nitrogens with zero attached hydrogens (tertiary/aromatic N) is 3. The second kappa shape index (κ2) is 12.1. The molecular formula is C28H36FN3O3. The van der Waals surface area contributed by atoms with E-state index >= 15 is 0 Å². The minimum absolute atomic E-state index is 0.0247. The van der Waals surface area contributed by atoms with Gasteiger partial charge in [0, 0.05) is 43.7 Å². The number of amides is 1. The van der Waals surface area contributed by atoms with Crippen LogP contribution in [0.25, 0.3) is 0 Å². The summed E-state index contributed by atoms with van der Waals surface area (Å²) in [6, 6.07) is 7.94. The van der Waals surface area contributed by atoms with E-state index in [-0.39, 0.29) is 42.3 Å². The lowest BCUT2D eigenvalue weighted by atomic mass is 9.99. The number of ether oxygens (including phenoxy) is 1. The lowest BCUT2D eigenvalue weighted by Gasteiger charge is -2.37. The van der Waals surface area contributed by atoms with E-state index in [2.05, 4.69) is 35.6 Å². The first-order valence-corrected chi connectivity index (χ1v) is 12.2. The Labute approximate surface area is 208 Å². The maximum atomic E-state index is 13.6. The van der Waals surface area contributed by atoms with E-state index in [9.17, 15) is 14.3 Å². The highest BCUT2D eigenvalue weighted by Crippen LogP contribution is 2.27. The van der Waals surface area contributed by atoms with Gasteiger partial charge >= 0.3 is 0 Å². The first kappa shape index (κ1) is 26.7. The van der Waals surface area contributed by atoms with E-state index in [0.29, 0.717) is 36.7 Å². The van der Waals surface area contributed by atoms with Crippen molar-refractivity contribution in [2.24, 2.45) is 11.8 Å². The van der Waals surface area contributed by atoms with Crippen LogP contribution >= 0.6 is 0 Å². The zero-order valence-corrected chi connectivity index (χ0v) is 21.3. The third-order valence-corrected chi connectivity index (χ3v) is 6.10. The fourth-order valence-electron chi connectivity index (χ4n) is 4.06. The standard InChI is InChI=1S/C28H36FN3O3/c1-19(2)8-6-9-22-13-25-27(30-14-22)35-26(20(3)15-32(28(25)34)21(4)18-33)17-31(5)16-23-10-7-11-24(29)12-23/h7,10-14,19-21,26,33H,8,15-18H2,1-5H3/t20-,21+,26-/m1/s1. The molecule has 1 N–H and O–H groups in total. The molecule has 1 aromatic heterocycles. The Hall–Kier alpha value is -2.95. The van der Waals surface area contributed by atoms with Crippen LogP contribution in [-0.2, 0) is 6.54 Å². The van der Waals surface area contributed by atoms with Crippen molar-refractivity contribution in [3.05, 3.63) is 59.0 Å². The van der Waals surface area contributed by atoms with Gasteiger partial charge in [0.2, 0.25) is 5.88 Å². The van der Waals surface area contributed by atoms with E-state index in [4.69, 9.17) is 4.74 Å². The molecule has 0 spiro atoms. The Morgan fingerprint density at radius 2 is 2.09 bits per heavy atom. The molecule has 35 heavy (non-hydrogen) atoms. The Bertz CT molecular complexity index is 1080. The normalized spacial score (nSPS) is 18.9. The van der Waals surface area contributed by atoms with Gasteiger partial charge in [-0.15, -0.1) is 0 Å². The van der Waals surface area contributed by atoms with Crippen LogP contribution in [0.3, 0.4) is 0 Å². The fraction of sp³-hybridized carbons (Fsp3) is 0.500. The molecule has 2 heterocycles. The highest BCUT2D eigenvalue weighted by Gasteiger charge is 2.34. The van der Waals surface area contributed by atoms with Crippen molar-refractivity contribution >= 4 is 5.91 Å². The number of carbonyl (C=O) groups excluding carboxylic acids is 1. The highest BCUT2D eigenvalue weighted by molar-refractivity contribution is 5.97. The van der Waals surface area contributed by atoms with Gasteiger partial charge in [0.05, 0.1) is 12.6 Å². The van der Waals surface area contributed by atoms with Crippen LogP contribution in [-0.4, -0.2) is 64.7 Å². The van der Waals surface area contributed by atoms with E-state index < -0.39 is 0 Å². The van der Waals surface area contributed by atoms with Gasteiger partial charge in [0.15, 0.2) is 0 Å². The van der Waals surface area contributed by atoms with Crippen LogP contribution < -0.4 is 4.74 Å². The van der Waals surface area contributed by atoms with Crippen LogP contribution in [0.5, 0.6) is 5.88 Å². The number of carbonyl (C=O) groups is 1. The molecule has 0 fully saturated rings. The number of fused-ring (bicyclic) bond motifs is 1. The summed E-state index contributed by atoms with van der Waals surface area (Å²) in [6.45, 7) is 9.48. The molecule has 0 saturated carbocycles. The van der Waals surface area contributed by atoms with Crippen molar-refractivity contribution in [1.82, 2.24) is 14.8 Å². The van der Waals surface area contributed by atoms with E-state index in [1.165, 1.54) is 12.1 Å². The van der Waals surface area contributed by atoms with E-state index in [0.717, 1.165) is 12.0 Å². The Balaban J connectivity index is 1.89. The minimum Gasteiger partial charge on any atom is -0.472 e. The van der Waals surface area contributed by atoms with Crippen molar-refractivity contribution in [3.63, 3.8) is 0 Å². The molecule has 3 atom stereocenters. The first-order chi connectivity index (χ1) is 16.7. The summed E-state index contributed by atoms with van der Waals surface area (Å²) in [5.41, 5.74) is 1.89. The van der Waals surface area contributed by atoms with Crippen LogP contribution in [0.4, 0.5) is 4.39 Å². The average molecular weight is 482 g/mol. The Kier molecular flexibility index (Phi) is 9.25. The van der Waals surface area contributed by atoms with Gasteiger partial charge in [-0.05, 0) is 43.7 Å². The van der Waals surface area contributed by atoms with Gasteiger partial charge in [-0.2, -0.15) is 0 Å². The molecule has 0 radical (unpaired) electrons. The summed E-state index contributed by atoms with van der Waals surface area (Å²) in [5.74, 6) is 6.46. The third kappa shape index (κ3) is 7.27. The maximum Gasteiger partial charge on any atom is 0.259 e. The summed E-state index contributed by atoms with van der Waals surface area (Å²) >= 11 is 0. The zero-order valence-electron chi connectivity index (χ0n) is 21.3. The SMILES string of the molecule is CC(C)CC#Cc1cnc2c(c1)C(=O)N([C@@H](C)CO)C[C@@H](C)[C@@H](CN(C)Cc1cccc(F)c1)O2. The summed E-state index contributed by atoms with van der Waals surface area (Å²) in [5, 5.41) is 9.82. The molecule has 1 aliphatic rings. The predicted octanol–water partition coefficient (Wildman–Crippen LogP) is 3.97. The molecule has 6 nitrogen and oxygen atoms in total. The molecule has 1 amide bonds. The Morgan fingerprint density at radius 3 is 2.77 bits per heavy atom. The van der Waals surface area contributed by atoms with Crippen LogP contribution in [0, 0.1) is 29.5 Å². The quantitative estimate of drug-likeness (QED) is 0.607. The van der Waals surface area contributed by atoms with Crippen molar-refractivity contribution in [2.45, 2.75) is 52.8 Å². The van der Waals surface area contributed by atoms with Gasteiger partial charge in [-0.25, -0.2) is 9.37 Å². The molecule has 0 saturated heterocycles. The van der Waals surface area contributed by atoms with Crippen molar-refractivity contribution in [1.29, 1.82) is 0 Å². The number of aliphatic hydroxyl groups is 1. The molecule has 3 rings (SSSR count). The molecule has 1 aliphatic heterocycles. The molecule has 0 aliphatic carbocycles. The number of aromatic nitrogens is 1. The third-order valence-electron chi connectivity index (χ3n) is 6.10. The van der Waals surface area contributed by atoms with Crippen molar-refractivity contribution < 1.29 is 19.0 Å². The van der Waals surface area contributed by atoms with Gasteiger partial charge in [-0.1, -0.05) is 44.7 Å². The number of halogens is 1. The molecule has 188 valence electrons. The van der Waals surface area contributed by atoms with Crippen LogP contribution in [0.1, 0.15) is 55.6 Å². The maximum absolute atomic E-state index is 13.6. The van der Waals surface area contributed by atoms with Crippen molar-refractivity contribution in [2.75, 3.05) is 26.7 Å². The second-order valence-electron chi connectivity index (χ2n) is 9.93. The zero-order chi connectivity index (χ0) is 25.5. The summed E-state index contributed by atoms with van der Waals surface area (Å²) in [6.07, 6.45) is 2.13. The number of rotatable bonds is 7. The monoisotopic (exact) mass is 481 g/mol. The first-order valence-electron chi connectivity index (χ1n) is 12.2. The van der Waals surface area contributed by atoms with Crippen molar-refractivity contribution in [3.8, 4) is 17.7 Å². The molecular weight excluding hydrogens is 445 g/mol. The fourth-order valence-corrected chi connectivity index (χ4v) is 4.06. The lowest BCUT2D eigenvalue weighted by Crippen LogP contribution is -2.49. The van der Waals surface area contributed by atoms with Crippen LogP contribution in [0.15, 0.2) is 36.5 Å². The number of aliphatic hydroxyl groups excluding tert-OH is 1. The number of hydrogen-bond donors (Lipinski definition) is 1. The topological polar surface area (TPSA) is 65.9 Å². The number of benzene rings is 1. The van der Waals surface area contributed by atoms with E-state index in [1.807, 2.05) is 27.0 Å². The number of likely N-dealkylation sites (N-methyl/N-ethyl adjacent to an activating group) is 1. The largest absolute Gasteiger partial charge is 0.472 e. The Morgan fingerprint density at radius 1 is 1.31 bits per heavy atom. The van der Waals surface area contributed by atoms with E-state index in [1.54, 1.807) is 23.2 Å².